The molecule has 1 aromatic rings. The molecule has 0 spiro atoms. The van der Waals surface area contributed by atoms with E-state index in [1.54, 1.807) is 0 Å². The monoisotopic (exact) mass is 162 g/mol. The Hall–Kier alpha value is 0.517. The molecule has 48 valence electrons. The Kier molecular flexibility index (Phi) is 6.56. The van der Waals surface area contributed by atoms with E-state index in [9.17, 15) is 0 Å². The van der Waals surface area contributed by atoms with Crippen LogP contribution in [0.5, 0.6) is 0 Å². The fourth-order valence-corrected chi connectivity index (χ4v) is 1.38. The van der Waals surface area contributed by atoms with Gasteiger partial charge in [0.1, 0.15) is 0 Å². The summed E-state index contributed by atoms with van der Waals surface area (Å²) in [5.41, 5.74) is 1.30. The molecule has 1 aromatic carbocycles. The number of rotatable bonds is 2. The van der Waals surface area contributed by atoms with Gasteiger partial charge in [0, 0.05) is 0 Å². The van der Waals surface area contributed by atoms with Crippen LogP contribution < -0.4 is 18.9 Å². The molecule has 0 radical (unpaired) electrons. The van der Waals surface area contributed by atoms with Crippen molar-refractivity contribution in [1.82, 2.24) is 0 Å². The topological polar surface area (TPSA) is 0 Å². The van der Waals surface area contributed by atoms with Crippen molar-refractivity contribution in [3.8, 4) is 0 Å². The molecule has 10 heavy (non-hydrogen) atoms. The minimum atomic E-state index is 0. The summed E-state index contributed by atoms with van der Waals surface area (Å²) in [7, 11) is 1.44. The van der Waals surface area contributed by atoms with Crippen LogP contribution >= 0.6 is 10.8 Å². The molecule has 1 rings (SSSR count). The van der Waals surface area contributed by atoms with E-state index in [1.165, 1.54) is 16.4 Å². The van der Waals surface area contributed by atoms with Gasteiger partial charge < -0.3 is 22.5 Å². The van der Waals surface area contributed by atoms with Gasteiger partial charge in [-0.2, -0.15) is 0 Å². The van der Waals surface area contributed by atoms with Gasteiger partial charge in [0.2, 0.25) is 0 Å². The van der Waals surface area contributed by atoms with Crippen LogP contribution in [-0.2, 0) is 17.4 Å². The Morgan fingerprint density at radius 2 is 1.80 bits per heavy atom. The van der Waals surface area contributed by atoms with E-state index in [4.69, 9.17) is 11.7 Å². The molecule has 0 nitrogen and oxygen atoms in total. The van der Waals surface area contributed by atoms with Crippen molar-refractivity contribution < 1.29 is 18.9 Å². The fraction of sp³-hybridized carbons (Fsp3) is 0.143. The zero-order valence-corrected chi connectivity index (χ0v) is 7.54. The van der Waals surface area contributed by atoms with Crippen molar-refractivity contribution in [3.63, 3.8) is 0 Å². The maximum absolute atomic E-state index is 4.75. The van der Waals surface area contributed by atoms with Gasteiger partial charge in [0.25, 0.3) is 0 Å². The van der Waals surface area contributed by atoms with Gasteiger partial charge in [0.15, 0.2) is 0 Å². The molecular formula is C7H7LiS2. The third-order valence-corrected chi connectivity index (χ3v) is 1.87. The van der Waals surface area contributed by atoms with Crippen molar-refractivity contribution in [2.24, 2.45) is 0 Å². The van der Waals surface area contributed by atoms with Crippen LogP contribution in [0.3, 0.4) is 0 Å². The smallest absolute Gasteiger partial charge is 0.719 e. The summed E-state index contributed by atoms with van der Waals surface area (Å²) in [6.07, 6.45) is 0. The van der Waals surface area contributed by atoms with Crippen LogP contribution in [0, 0.1) is 0 Å². The Morgan fingerprint density at radius 1 is 1.20 bits per heavy atom. The molecule has 0 atom stereocenters. The molecule has 0 saturated carbocycles. The van der Waals surface area contributed by atoms with Gasteiger partial charge in [-0.1, -0.05) is 30.3 Å². The average molecular weight is 162 g/mol. The molecule has 0 unspecified atom stereocenters. The molecule has 0 heterocycles. The van der Waals surface area contributed by atoms with Gasteiger partial charge in [-0.3, -0.25) is 0 Å². The standard InChI is InChI=1S/C7H8S2.Li/c8-9-6-7-4-2-1-3-5-7;/h1-5,8H,6H2;/q;+1/p-1. The van der Waals surface area contributed by atoms with E-state index in [-0.39, 0.29) is 18.9 Å². The summed E-state index contributed by atoms with van der Waals surface area (Å²) in [6, 6.07) is 10.2. The first kappa shape index (κ1) is 10.5. The Labute approximate surface area is 82.8 Å². The Morgan fingerprint density at radius 3 is 2.30 bits per heavy atom. The predicted molar refractivity (Wildman–Crippen MR) is 45.1 cm³/mol. The van der Waals surface area contributed by atoms with Crippen molar-refractivity contribution in [1.29, 1.82) is 0 Å². The van der Waals surface area contributed by atoms with E-state index in [2.05, 4.69) is 12.1 Å². The van der Waals surface area contributed by atoms with E-state index in [0.29, 0.717) is 0 Å². The van der Waals surface area contributed by atoms with Crippen LogP contribution in [-0.4, -0.2) is 0 Å². The van der Waals surface area contributed by atoms with Gasteiger partial charge in [-0.15, -0.1) is 0 Å². The third-order valence-electron chi connectivity index (χ3n) is 1.07. The van der Waals surface area contributed by atoms with Gasteiger partial charge in [0.05, 0.1) is 0 Å². The van der Waals surface area contributed by atoms with Crippen LogP contribution in [0.25, 0.3) is 0 Å². The summed E-state index contributed by atoms with van der Waals surface area (Å²) in [5, 5.41) is 0. The van der Waals surface area contributed by atoms with Crippen LogP contribution in [0.2, 0.25) is 0 Å². The molecule has 0 amide bonds. The molecule has 0 aromatic heterocycles. The molecule has 0 aliphatic carbocycles. The van der Waals surface area contributed by atoms with Gasteiger partial charge in [-0.25, -0.2) is 0 Å². The van der Waals surface area contributed by atoms with Crippen molar-refractivity contribution in [2.75, 3.05) is 0 Å². The summed E-state index contributed by atoms with van der Waals surface area (Å²) >= 11 is 4.75. The van der Waals surface area contributed by atoms with Crippen molar-refractivity contribution >= 4 is 22.5 Å². The van der Waals surface area contributed by atoms with Crippen molar-refractivity contribution in [3.05, 3.63) is 35.9 Å². The molecule has 0 N–H and O–H groups in total. The Balaban J connectivity index is 0.000000810. The minimum absolute atomic E-state index is 0. The number of hydrogen-bond acceptors (Lipinski definition) is 2. The first-order valence-corrected chi connectivity index (χ1v) is 4.63. The zero-order chi connectivity index (χ0) is 6.53. The maximum atomic E-state index is 4.75. The third kappa shape index (κ3) is 3.63. The minimum Gasteiger partial charge on any atom is -0.719 e. The summed E-state index contributed by atoms with van der Waals surface area (Å²) in [4.78, 5) is 0. The molecular weight excluding hydrogens is 155 g/mol. The summed E-state index contributed by atoms with van der Waals surface area (Å²) in [5.74, 6) is 0.941. The van der Waals surface area contributed by atoms with E-state index in [1.807, 2.05) is 18.2 Å². The van der Waals surface area contributed by atoms with E-state index < -0.39 is 0 Å². The quantitative estimate of drug-likeness (QED) is 0.323. The number of benzene rings is 1. The molecule has 0 aliphatic heterocycles. The van der Waals surface area contributed by atoms with Gasteiger partial charge in [-0.05, 0) is 11.3 Å². The molecule has 0 saturated heterocycles. The Bertz CT molecular complexity index is 165. The summed E-state index contributed by atoms with van der Waals surface area (Å²) < 4.78 is 0. The first-order chi connectivity index (χ1) is 4.43. The maximum Gasteiger partial charge on any atom is 1.00 e. The first-order valence-electron chi connectivity index (χ1n) is 2.72. The average Bonchev–Trinajstić information content (AvgIpc) is 1.91. The predicted octanol–water partition coefficient (Wildman–Crippen LogP) is -0.614. The fourth-order valence-electron chi connectivity index (χ4n) is 0.642. The second kappa shape index (κ2) is 6.24. The zero-order valence-electron chi connectivity index (χ0n) is 5.91. The van der Waals surface area contributed by atoms with Crippen LogP contribution in [0.15, 0.2) is 30.3 Å². The normalized spacial score (nSPS) is 8.50. The van der Waals surface area contributed by atoms with E-state index in [0.717, 1.165) is 5.75 Å². The second-order valence-electron chi connectivity index (χ2n) is 1.75. The van der Waals surface area contributed by atoms with Crippen molar-refractivity contribution in [2.45, 2.75) is 5.75 Å². The number of hydrogen-bond donors (Lipinski definition) is 0. The second-order valence-corrected chi connectivity index (χ2v) is 2.98. The molecule has 3 heteroatoms. The van der Waals surface area contributed by atoms with Gasteiger partial charge >= 0.3 is 18.9 Å². The van der Waals surface area contributed by atoms with Crippen LogP contribution in [0.4, 0.5) is 0 Å². The van der Waals surface area contributed by atoms with E-state index >= 15 is 0 Å². The molecule has 0 bridgehead atoms. The molecule has 0 fully saturated rings. The van der Waals surface area contributed by atoms with Crippen LogP contribution in [0.1, 0.15) is 5.56 Å². The SMILES string of the molecule is [Li+].[S-]SCc1ccccc1. The summed E-state index contributed by atoms with van der Waals surface area (Å²) in [6.45, 7) is 0. The largest absolute Gasteiger partial charge is 1.00 e. The molecule has 0 aliphatic rings.